The number of thioether (sulfide) groups is 1. The average molecular weight is 387 g/mol. The molecule has 0 saturated carbocycles. The predicted molar refractivity (Wildman–Crippen MR) is 108 cm³/mol. The van der Waals surface area contributed by atoms with Crippen LogP contribution in [0.15, 0.2) is 29.2 Å². The minimum atomic E-state index is -0.168. The molecule has 0 spiro atoms. The second-order valence-corrected chi connectivity index (χ2v) is 7.63. The lowest BCUT2D eigenvalue weighted by Gasteiger charge is -2.29. The number of pyridine rings is 1. The summed E-state index contributed by atoms with van der Waals surface area (Å²) in [6, 6.07) is 7.83. The van der Waals surface area contributed by atoms with Gasteiger partial charge in [0.25, 0.3) is 5.91 Å². The van der Waals surface area contributed by atoms with Gasteiger partial charge in [0.05, 0.1) is 30.7 Å². The molecule has 1 N–H and O–H groups in total. The Labute approximate surface area is 160 Å². The molecule has 0 unspecified atom stereocenters. The standard InChI is InChI=1S/C18H17N3O3S2/c1-23-13-2-3-14-11(9-13)8-12(10-15-17(22)20-18(25)26-15)16(19-14)21-4-6-24-7-5-21/h2-3,8-10H,4-7H2,1H3,(H,20,22,25)/b15-10-. The molecule has 1 aromatic heterocycles. The zero-order valence-corrected chi connectivity index (χ0v) is 15.8. The van der Waals surface area contributed by atoms with Gasteiger partial charge in [-0.15, -0.1) is 0 Å². The van der Waals surface area contributed by atoms with Gasteiger partial charge in [-0.3, -0.25) is 4.79 Å². The summed E-state index contributed by atoms with van der Waals surface area (Å²) in [4.78, 5) is 19.7. The lowest BCUT2D eigenvalue weighted by molar-refractivity contribution is -0.115. The van der Waals surface area contributed by atoms with Gasteiger partial charge < -0.3 is 19.7 Å². The van der Waals surface area contributed by atoms with Crippen LogP contribution in [0.25, 0.3) is 17.0 Å². The summed E-state index contributed by atoms with van der Waals surface area (Å²) in [6.07, 6.45) is 1.86. The van der Waals surface area contributed by atoms with E-state index >= 15 is 0 Å². The first-order chi connectivity index (χ1) is 12.6. The molecule has 1 aromatic carbocycles. The Kier molecular flexibility index (Phi) is 4.80. The van der Waals surface area contributed by atoms with Crippen molar-refractivity contribution in [2.75, 3.05) is 38.3 Å². The van der Waals surface area contributed by atoms with Crippen LogP contribution in [0.5, 0.6) is 5.75 Å². The molecule has 134 valence electrons. The Balaban J connectivity index is 1.84. The number of ether oxygens (including phenoxy) is 2. The number of nitrogens with one attached hydrogen (secondary N) is 1. The first-order valence-electron chi connectivity index (χ1n) is 8.20. The highest BCUT2D eigenvalue weighted by Crippen LogP contribution is 2.32. The lowest BCUT2D eigenvalue weighted by atomic mass is 10.1. The highest BCUT2D eigenvalue weighted by atomic mass is 32.2. The molecular weight excluding hydrogens is 370 g/mol. The number of carbonyl (C=O) groups is 1. The van der Waals surface area contributed by atoms with E-state index in [1.54, 1.807) is 7.11 Å². The molecular formula is C18H17N3O3S2. The van der Waals surface area contributed by atoms with Crippen molar-refractivity contribution in [1.82, 2.24) is 10.3 Å². The summed E-state index contributed by atoms with van der Waals surface area (Å²) in [5, 5.41) is 3.61. The molecule has 8 heteroatoms. The smallest absolute Gasteiger partial charge is 0.263 e. The van der Waals surface area contributed by atoms with Gasteiger partial charge in [0, 0.05) is 24.0 Å². The minimum absolute atomic E-state index is 0.168. The molecule has 1 amide bonds. The zero-order chi connectivity index (χ0) is 18.1. The van der Waals surface area contributed by atoms with Gasteiger partial charge in [-0.05, 0) is 30.3 Å². The van der Waals surface area contributed by atoms with Crippen molar-refractivity contribution in [3.63, 3.8) is 0 Å². The maximum atomic E-state index is 12.1. The minimum Gasteiger partial charge on any atom is -0.497 e. The fourth-order valence-corrected chi connectivity index (χ4v) is 4.02. The van der Waals surface area contributed by atoms with Crippen LogP contribution in [0, 0.1) is 0 Å². The van der Waals surface area contributed by atoms with E-state index < -0.39 is 0 Å². The summed E-state index contributed by atoms with van der Waals surface area (Å²) in [7, 11) is 1.64. The van der Waals surface area contributed by atoms with Crippen LogP contribution < -0.4 is 15.0 Å². The quantitative estimate of drug-likeness (QED) is 0.641. The molecule has 2 saturated heterocycles. The number of thiocarbonyl (C=S) groups is 1. The molecule has 6 nitrogen and oxygen atoms in total. The van der Waals surface area contributed by atoms with Crippen molar-refractivity contribution < 1.29 is 14.3 Å². The summed E-state index contributed by atoms with van der Waals surface area (Å²) < 4.78 is 11.3. The van der Waals surface area contributed by atoms with E-state index in [4.69, 9.17) is 26.7 Å². The lowest BCUT2D eigenvalue weighted by Crippen LogP contribution is -2.37. The number of amides is 1. The highest BCUT2D eigenvalue weighted by molar-refractivity contribution is 8.26. The van der Waals surface area contributed by atoms with Crippen LogP contribution in [0.1, 0.15) is 5.56 Å². The van der Waals surface area contributed by atoms with Gasteiger partial charge in [-0.25, -0.2) is 4.98 Å². The van der Waals surface area contributed by atoms with Crippen molar-refractivity contribution in [2.24, 2.45) is 0 Å². The van der Waals surface area contributed by atoms with Crippen molar-refractivity contribution in [3.05, 3.63) is 34.7 Å². The van der Waals surface area contributed by atoms with Crippen molar-refractivity contribution >= 4 is 57.0 Å². The largest absolute Gasteiger partial charge is 0.497 e. The number of hydrogen-bond acceptors (Lipinski definition) is 7. The Morgan fingerprint density at radius 2 is 2.15 bits per heavy atom. The molecule has 2 aromatic rings. The Morgan fingerprint density at radius 1 is 1.35 bits per heavy atom. The number of anilines is 1. The Morgan fingerprint density at radius 3 is 2.85 bits per heavy atom. The van der Waals surface area contributed by atoms with Crippen molar-refractivity contribution in [2.45, 2.75) is 0 Å². The van der Waals surface area contributed by atoms with Crippen LogP contribution in [-0.2, 0) is 9.53 Å². The number of carbonyl (C=O) groups excluding carboxylic acids is 1. The Bertz CT molecular complexity index is 923. The van der Waals surface area contributed by atoms with Crippen LogP contribution in [0.4, 0.5) is 5.82 Å². The highest BCUT2D eigenvalue weighted by Gasteiger charge is 2.24. The number of benzene rings is 1. The maximum absolute atomic E-state index is 12.1. The van der Waals surface area contributed by atoms with Gasteiger partial charge in [0.1, 0.15) is 15.9 Å². The summed E-state index contributed by atoms with van der Waals surface area (Å²) in [5.74, 6) is 1.45. The van der Waals surface area contributed by atoms with E-state index in [2.05, 4.69) is 10.2 Å². The van der Waals surface area contributed by atoms with Crippen LogP contribution in [0.2, 0.25) is 0 Å². The van der Waals surface area contributed by atoms with Crippen LogP contribution >= 0.6 is 24.0 Å². The number of fused-ring (bicyclic) bond motifs is 1. The molecule has 0 radical (unpaired) electrons. The third-order valence-electron chi connectivity index (χ3n) is 4.27. The first-order valence-corrected chi connectivity index (χ1v) is 9.43. The molecule has 0 atom stereocenters. The third kappa shape index (κ3) is 3.40. The molecule has 2 aliphatic heterocycles. The fraction of sp³-hybridized carbons (Fsp3) is 0.278. The monoisotopic (exact) mass is 387 g/mol. The van der Waals surface area contributed by atoms with E-state index in [1.807, 2.05) is 30.3 Å². The SMILES string of the molecule is COc1ccc2nc(N3CCOCC3)c(/C=C3\SC(=S)NC3=O)cc2c1. The molecule has 2 aliphatic rings. The van der Waals surface area contributed by atoms with Crippen molar-refractivity contribution in [1.29, 1.82) is 0 Å². The number of hydrogen-bond donors (Lipinski definition) is 1. The van der Waals surface area contributed by atoms with Crippen LogP contribution in [0.3, 0.4) is 0 Å². The summed E-state index contributed by atoms with van der Waals surface area (Å²) in [6.45, 7) is 2.86. The van der Waals surface area contributed by atoms with Gasteiger partial charge in [0.2, 0.25) is 0 Å². The molecule has 4 rings (SSSR count). The van der Waals surface area contributed by atoms with E-state index in [-0.39, 0.29) is 5.91 Å². The number of aromatic nitrogens is 1. The normalized spacial score (nSPS) is 19.3. The number of morpholine rings is 1. The molecule has 26 heavy (non-hydrogen) atoms. The fourth-order valence-electron chi connectivity index (χ4n) is 2.98. The van der Waals surface area contributed by atoms with Crippen molar-refractivity contribution in [3.8, 4) is 5.75 Å². The van der Waals surface area contributed by atoms with E-state index in [9.17, 15) is 4.79 Å². The van der Waals surface area contributed by atoms with E-state index in [1.165, 1.54) is 11.8 Å². The topological polar surface area (TPSA) is 63.7 Å². The number of methoxy groups -OCH3 is 1. The molecule has 0 aliphatic carbocycles. The second kappa shape index (κ2) is 7.22. The second-order valence-electron chi connectivity index (χ2n) is 5.91. The van der Waals surface area contributed by atoms with Gasteiger partial charge in [-0.1, -0.05) is 24.0 Å². The predicted octanol–water partition coefficient (Wildman–Crippen LogP) is 2.57. The molecule has 2 fully saturated rings. The first kappa shape index (κ1) is 17.3. The molecule has 0 bridgehead atoms. The van der Waals surface area contributed by atoms with Gasteiger partial charge in [0.15, 0.2) is 0 Å². The van der Waals surface area contributed by atoms with E-state index in [0.29, 0.717) is 22.4 Å². The van der Waals surface area contributed by atoms with Gasteiger partial charge in [-0.2, -0.15) is 0 Å². The number of nitrogens with zero attached hydrogens (tertiary/aromatic N) is 2. The Hall–Kier alpha value is -2.16. The van der Waals surface area contributed by atoms with E-state index in [0.717, 1.165) is 41.1 Å². The van der Waals surface area contributed by atoms with Gasteiger partial charge >= 0.3 is 0 Å². The van der Waals surface area contributed by atoms with Crippen LogP contribution in [-0.4, -0.2) is 48.6 Å². The summed E-state index contributed by atoms with van der Waals surface area (Å²) in [5.41, 5.74) is 1.77. The average Bonchev–Trinajstić information content (AvgIpc) is 2.98. The molecule has 3 heterocycles. The zero-order valence-electron chi connectivity index (χ0n) is 14.2. The summed E-state index contributed by atoms with van der Waals surface area (Å²) >= 11 is 6.36. The number of rotatable bonds is 3. The third-order valence-corrected chi connectivity index (χ3v) is 5.43. The maximum Gasteiger partial charge on any atom is 0.263 e.